The van der Waals surface area contributed by atoms with Gasteiger partial charge in [-0.05, 0) is 0 Å². The highest BCUT2D eigenvalue weighted by molar-refractivity contribution is 5.62. The summed E-state index contributed by atoms with van der Waals surface area (Å²) in [7, 11) is 0. The fourth-order valence-electron chi connectivity index (χ4n) is 0.946. The second kappa shape index (κ2) is 23.9. The van der Waals surface area contributed by atoms with Crippen molar-refractivity contribution in [3.05, 3.63) is 0 Å². The molecule has 184 valence electrons. The van der Waals surface area contributed by atoms with Gasteiger partial charge in [-0.25, -0.2) is 0 Å². The molecule has 13 N–H and O–H groups in total. The summed E-state index contributed by atoms with van der Waals surface area (Å²) >= 11 is 0. The van der Waals surface area contributed by atoms with Crippen LogP contribution in [0.2, 0.25) is 0 Å². The van der Waals surface area contributed by atoms with E-state index in [0.29, 0.717) is 0 Å². The summed E-state index contributed by atoms with van der Waals surface area (Å²) in [6.07, 6.45) is -9.88. The molecule has 30 heavy (non-hydrogen) atoms. The van der Waals surface area contributed by atoms with Crippen molar-refractivity contribution in [1.82, 2.24) is 0 Å². The number of carbonyl (C=O) groups excluding carboxylic acids is 1. The van der Waals surface area contributed by atoms with E-state index in [0.717, 1.165) is 6.92 Å². The van der Waals surface area contributed by atoms with Crippen LogP contribution in [0.4, 0.5) is 0 Å². The average molecular weight is 454 g/mol. The van der Waals surface area contributed by atoms with Gasteiger partial charge >= 0.3 is 0 Å². The standard InChI is InChI=1S/C5H12O5.C5H10O5.C3H8O3.C2H4O2/c2*6-1-3(8)5(10)4(9)2-7;4-1-3(6)2-5;1-2(3)4/h3-10H,1-2H2;1,3-5,7-10H,2H2;3-6H,1-2H2;1H3,(H,3,4). The van der Waals surface area contributed by atoms with Crippen molar-refractivity contribution in [3.63, 3.8) is 0 Å². The zero-order valence-corrected chi connectivity index (χ0v) is 16.3. The summed E-state index contributed by atoms with van der Waals surface area (Å²) in [6, 6.07) is 0. The fourth-order valence-corrected chi connectivity index (χ4v) is 0.946. The zero-order chi connectivity index (χ0) is 24.9. The molecule has 0 amide bonds. The predicted molar refractivity (Wildman–Crippen MR) is 96.9 cm³/mol. The van der Waals surface area contributed by atoms with Crippen molar-refractivity contribution in [2.24, 2.45) is 0 Å². The van der Waals surface area contributed by atoms with Gasteiger partial charge in [0.15, 0.2) is 6.29 Å². The minimum absolute atomic E-state index is 0.0869. The summed E-state index contributed by atoms with van der Waals surface area (Å²) in [5, 5.41) is 108. The highest BCUT2D eigenvalue weighted by atomic mass is 16.4. The Balaban J connectivity index is -0.000000159. The molecule has 0 fully saturated rings. The van der Waals surface area contributed by atoms with Gasteiger partial charge in [-0.3, -0.25) is 4.79 Å². The average Bonchev–Trinajstić information content (AvgIpc) is 2.75. The number of hydrogen-bond acceptors (Lipinski definition) is 14. The largest absolute Gasteiger partial charge is 0.481 e. The predicted octanol–water partition coefficient (Wildman–Crippen LogP) is -7.26. The molecule has 0 bridgehead atoms. The third-order valence-corrected chi connectivity index (χ3v) is 2.65. The lowest BCUT2D eigenvalue weighted by molar-refractivity contribution is -0.134. The minimum Gasteiger partial charge on any atom is -0.481 e. The Kier molecular flexibility index (Phi) is 28.8. The van der Waals surface area contributed by atoms with Gasteiger partial charge in [0.05, 0.1) is 33.0 Å². The Bertz CT molecular complexity index is 365. The number of aldehydes is 1. The molecule has 0 aliphatic rings. The minimum atomic E-state index is -1.64. The maximum atomic E-state index is 9.76. The Morgan fingerprint density at radius 2 is 0.933 bits per heavy atom. The molecule has 0 spiro atoms. The van der Waals surface area contributed by atoms with E-state index in [1.807, 2.05) is 0 Å². The smallest absolute Gasteiger partial charge is 0.300 e. The first kappa shape index (κ1) is 36.1. The van der Waals surface area contributed by atoms with Crippen molar-refractivity contribution in [3.8, 4) is 0 Å². The molecule has 5 unspecified atom stereocenters. The van der Waals surface area contributed by atoms with Crippen molar-refractivity contribution >= 4 is 12.3 Å². The van der Waals surface area contributed by atoms with Crippen LogP contribution in [0.25, 0.3) is 0 Å². The van der Waals surface area contributed by atoms with Crippen molar-refractivity contribution in [2.45, 2.75) is 49.7 Å². The Morgan fingerprint density at radius 1 is 0.667 bits per heavy atom. The molecule has 15 heteroatoms. The lowest BCUT2D eigenvalue weighted by Gasteiger charge is -2.19. The van der Waals surface area contributed by atoms with E-state index in [9.17, 15) is 4.79 Å². The van der Waals surface area contributed by atoms with Crippen LogP contribution in [-0.4, -0.2) is 154 Å². The number of rotatable bonds is 10. The number of carboxylic acid groups (broad SMARTS) is 1. The first-order chi connectivity index (χ1) is 13.8. The molecule has 0 saturated heterocycles. The van der Waals surface area contributed by atoms with Gasteiger partial charge in [-0.15, -0.1) is 0 Å². The summed E-state index contributed by atoms with van der Waals surface area (Å²) < 4.78 is 0. The summed E-state index contributed by atoms with van der Waals surface area (Å²) in [5.41, 5.74) is 0. The molecule has 0 radical (unpaired) electrons. The van der Waals surface area contributed by atoms with Gasteiger partial charge < -0.3 is 71.2 Å². The fraction of sp³-hybridized carbons (Fsp3) is 0.867. The maximum Gasteiger partial charge on any atom is 0.300 e. The topological polar surface area (TPSA) is 297 Å². The lowest BCUT2D eigenvalue weighted by atomic mass is 10.1. The molecular formula is C15H34O15. The number of aliphatic carboxylic acids is 1. The molecule has 15 nitrogen and oxygen atoms in total. The van der Waals surface area contributed by atoms with E-state index < -0.39 is 68.5 Å². The first-order valence-corrected chi connectivity index (χ1v) is 8.26. The van der Waals surface area contributed by atoms with Gasteiger partial charge in [0.2, 0.25) is 0 Å². The molecular weight excluding hydrogens is 420 g/mol. The number of carbonyl (C=O) groups is 2. The van der Waals surface area contributed by atoms with E-state index in [1.54, 1.807) is 0 Å². The number of hydrogen-bond donors (Lipinski definition) is 13. The third-order valence-electron chi connectivity index (χ3n) is 2.65. The molecule has 0 aromatic carbocycles. The molecule has 0 aromatic rings. The number of aliphatic hydroxyl groups is 12. The van der Waals surface area contributed by atoms with E-state index in [4.69, 9.17) is 71.2 Å². The van der Waals surface area contributed by atoms with Gasteiger partial charge in [-0.1, -0.05) is 0 Å². The SMILES string of the molecule is CC(=O)O.O=CC(O)C(O)C(O)CO.OCC(O)C(O)C(O)CO.OCC(O)CO. The van der Waals surface area contributed by atoms with E-state index in [-0.39, 0.29) is 19.5 Å². The molecule has 5 atom stereocenters. The molecule has 0 aliphatic carbocycles. The van der Waals surface area contributed by atoms with Gasteiger partial charge in [0.1, 0.15) is 42.7 Å². The first-order valence-electron chi connectivity index (χ1n) is 8.26. The van der Waals surface area contributed by atoms with Crippen molar-refractivity contribution in [1.29, 1.82) is 0 Å². The highest BCUT2D eigenvalue weighted by Gasteiger charge is 2.23. The summed E-state index contributed by atoms with van der Waals surface area (Å²) in [4.78, 5) is 18.8. The van der Waals surface area contributed by atoms with Crippen LogP contribution in [0.5, 0.6) is 0 Å². The molecule has 0 rings (SSSR count). The van der Waals surface area contributed by atoms with Crippen LogP contribution in [0.1, 0.15) is 6.92 Å². The van der Waals surface area contributed by atoms with Crippen LogP contribution >= 0.6 is 0 Å². The Hall–Kier alpha value is -1.34. The van der Waals surface area contributed by atoms with Crippen molar-refractivity contribution < 1.29 is 76.0 Å². The lowest BCUT2D eigenvalue weighted by Crippen LogP contribution is -2.41. The highest BCUT2D eigenvalue weighted by Crippen LogP contribution is 1.98. The van der Waals surface area contributed by atoms with Crippen LogP contribution in [0.15, 0.2) is 0 Å². The second-order valence-electron chi connectivity index (χ2n) is 5.40. The van der Waals surface area contributed by atoms with Crippen LogP contribution in [-0.2, 0) is 9.59 Å². The quantitative estimate of drug-likeness (QED) is 0.136. The van der Waals surface area contributed by atoms with Gasteiger partial charge in [-0.2, -0.15) is 0 Å². The Morgan fingerprint density at radius 3 is 1.10 bits per heavy atom. The Labute approximate surface area is 172 Å². The van der Waals surface area contributed by atoms with E-state index >= 15 is 0 Å². The summed E-state index contributed by atoms with van der Waals surface area (Å²) in [5.74, 6) is -0.833. The normalized spacial score (nSPS) is 16.1. The number of aliphatic hydroxyl groups excluding tert-OH is 12. The van der Waals surface area contributed by atoms with Crippen LogP contribution < -0.4 is 0 Å². The zero-order valence-electron chi connectivity index (χ0n) is 16.3. The van der Waals surface area contributed by atoms with Gasteiger partial charge in [0, 0.05) is 6.92 Å². The molecule has 0 saturated carbocycles. The number of carboxylic acids is 1. The van der Waals surface area contributed by atoms with Crippen molar-refractivity contribution in [2.75, 3.05) is 33.0 Å². The summed E-state index contributed by atoms with van der Waals surface area (Å²) in [6.45, 7) is -1.62. The molecule has 0 heterocycles. The van der Waals surface area contributed by atoms with E-state index in [1.165, 1.54) is 0 Å². The van der Waals surface area contributed by atoms with E-state index in [2.05, 4.69) is 0 Å². The molecule has 0 aromatic heterocycles. The maximum absolute atomic E-state index is 9.76. The second-order valence-corrected chi connectivity index (χ2v) is 5.40. The van der Waals surface area contributed by atoms with Gasteiger partial charge in [0.25, 0.3) is 5.97 Å². The molecule has 0 aliphatic heterocycles. The van der Waals surface area contributed by atoms with Crippen LogP contribution in [0.3, 0.4) is 0 Å². The monoisotopic (exact) mass is 454 g/mol. The van der Waals surface area contributed by atoms with Crippen LogP contribution in [0, 0.1) is 0 Å². The third kappa shape index (κ3) is 24.7.